The van der Waals surface area contributed by atoms with E-state index in [1.807, 2.05) is 0 Å². The summed E-state index contributed by atoms with van der Waals surface area (Å²) in [4.78, 5) is 0. The van der Waals surface area contributed by atoms with Gasteiger partial charge in [-0.05, 0) is 17.3 Å². The van der Waals surface area contributed by atoms with E-state index in [1.54, 1.807) is 0 Å². The molecule has 1 atom stereocenters. The van der Waals surface area contributed by atoms with Gasteiger partial charge in [-0.1, -0.05) is 67.0 Å². The Labute approximate surface area is 92.1 Å². The highest BCUT2D eigenvalue weighted by molar-refractivity contribution is 6.39. The molecule has 0 aromatic carbocycles. The molecule has 0 heterocycles. The van der Waals surface area contributed by atoms with E-state index >= 15 is 0 Å². The molecule has 0 spiro atoms. The minimum atomic E-state index is 0.375. The summed E-state index contributed by atoms with van der Waals surface area (Å²) in [6.45, 7) is 18.6. The zero-order valence-electron chi connectivity index (χ0n) is 11.4. The maximum atomic E-state index is 2.51. The second-order valence-corrected chi connectivity index (χ2v) is 6.68. The molecule has 83 valence electrons. The average Bonchev–Trinajstić information content (AvgIpc) is 1.98. The maximum Gasteiger partial charge on any atom is 0.117 e. The second-order valence-electron chi connectivity index (χ2n) is 6.68. The predicted octanol–water partition coefficient (Wildman–Crippen LogP) is 4.65. The zero-order chi connectivity index (χ0) is 11.6. The van der Waals surface area contributed by atoms with Crippen molar-refractivity contribution in [3.05, 3.63) is 0 Å². The van der Waals surface area contributed by atoms with Crippen LogP contribution < -0.4 is 0 Å². The van der Waals surface area contributed by atoms with Crippen LogP contribution in [0.5, 0.6) is 0 Å². The normalized spacial score (nSPS) is 15.8. The molecule has 0 aliphatic carbocycles. The molecule has 0 aliphatic heterocycles. The van der Waals surface area contributed by atoms with Crippen LogP contribution in [0.1, 0.15) is 55.4 Å². The highest BCUT2D eigenvalue weighted by Gasteiger charge is 2.27. The minimum absolute atomic E-state index is 0.375. The summed E-state index contributed by atoms with van der Waals surface area (Å²) in [5.41, 5.74) is 0.434. The number of hydrogen-bond acceptors (Lipinski definition) is 0. The highest BCUT2D eigenvalue weighted by Crippen LogP contribution is 2.37. The monoisotopic (exact) mass is 195 g/mol. The number of hydrogen-bond donors (Lipinski definition) is 0. The Bertz CT molecular complexity index is 163. The van der Waals surface area contributed by atoms with Crippen LogP contribution in [0.15, 0.2) is 0 Å². The molecule has 1 heteroatoms. The van der Waals surface area contributed by atoms with Gasteiger partial charge in [-0.25, -0.2) is 0 Å². The largest absolute Gasteiger partial charge is 0.117 e. The van der Waals surface area contributed by atoms with E-state index in [4.69, 9.17) is 0 Å². The zero-order valence-corrected chi connectivity index (χ0v) is 11.4. The van der Waals surface area contributed by atoms with Crippen molar-refractivity contribution < 1.29 is 0 Å². The Morgan fingerprint density at radius 3 is 1.64 bits per heavy atom. The fourth-order valence-electron chi connectivity index (χ4n) is 1.07. The molecular formula is C13H28B. The molecule has 0 aromatic rings. The topological polar surface area (TPSA) is 0 Å². The summed E-state index contributed by atoms with van der Waals surface area (Å²) >= 11 is 0. The first-order chi connectivity index (χ1) is 6.07. The van der Waals surface area contributed by atoms with Crippen molar-refractivity contribution in [3.8, 4) is 0 Å². The van der Waals surface area contributed by atoms with Gasteiger partial charge in [0.15, 0.2) is 0 Å². The van der Waals surface area contributed by atoms with E-state index in [9.17, 15) is 0 Å². The first-order valence-electron chi connectivity index (χ1n) is 5.91. The molecule has 0 fully saturated rings. The van der Waals surface area contributed by atoms with Crippen molar-refractivity contribution in [1.82, 2.24) is 0 Å². The summed E-state index contributed by atoms with van der Waals surface area (Å²) in [5, 5.41) is 0.375. The first-order valence-corrected chi connectivity index (χ1v) is 5.91. The molecule has 0 aromatic heterocycles. The molecule has 0 bridgehead atoms. The molecular weight excluding hydrogens is 167 g/mol. The second kappa shape index (κ2) is 4.72. The van der Waals surface area contributed by atoms with Gasteiger partial charge in [-0.3, -0.25) is 0 Å². The molecule has 0 N–H and O–H groups in total. The molecule has 14 heavy (non-hydrogen) atoms. The fraction of sp³-hybridized carbons (Fsp3) is 1.00. The molecule has 1 unspecified atom stereocenters. The van der Waals surface area contributed by atoms with Crippen LogP contribution in [0.4, 0.5) is 0 Å². The van der Waals surface area contributed by atoms with Gasteiger partial charge >= 0.3 is 0 Å². The van der Waals surface area contributed by atoms with Gasteiger partial charge in [0.05, 0.1) is 0 Å². The van der Waals surface area contributed by atoms with Crippen molar-refractivity contribution >= 4 is 7.28 Å². The van der Waals surface area contributed by atoms with Crippen molar-refractivity contribution in [3.63, 3.8) is 0 Å². The van der Waals surface area contributed by atoms with Gasteiger partial charge in [0.25, 0.3) is 0 Å². The van der Waals surface area contributed by atoms with Crippen LogP contribution in [0.2, 0.25) is 11.6 Å². The lowest BCUT2D eigenvalue weighted by atomic mass is 9.45. The van der Waals surface area contributed by atoms with Crippen LogP contribution in [0, 0.1) is 17.3 Å². The fourth-order valence-corrected chi connectivity index (χ4v) is 1.07. The quantitative estimate of drug-likeness (QED) is 0.573. The van der Waals surface area contributed by atoms with Crippen LogP contribution in [0.3, 0.4) is 0 Å². The molecule has 0 saturated carbocycles. The predicted molar refractivity (Wildman–Crippen MR) is 68.1 cm³/mol. The minimum Gasteiger partial charge on any atom is -0.0766 e. The lowest BCUT2D eigenvalue weighted by molar-refractivity contribution is 0.281. The van der Waals surface area contributed by atoms with Crippen LogP contribution in [-0.2, 0) is 0 Å². The van der Waals surface area contributed by atoms with Crippen LogP contribution in [0.25, 0.3) is 0 Å². The molecule has 0 aliphatic rings. The Kier molecular flexibility index (Phi) is 4.75. The molecule has 0 saturated heterocycles. The SMILES string of the molecule is CC(C[B]C(C)(C)C(C)C)C(C)(C)C. The van der Waals surface area contributed by atoms with Crippen molar-refractivity contribution in [2.24, 2.45) is 17.3 Å². The van der Waals surface area contributed by atoms with Gasteiger partial charge in [-0.2, -0.15) is 0 Å². The van der Waals surface area contributed by atoms with E-state index in [2.05, 4.69) is 62.7 Å². The van der Waals surface area contributed by atoms with E-state index in [-0.39, 0.29) is 0 Å². The van der Waals surface area contributed by atoms with Gasteiger partial charge < -0.3 is 0 Å². The van der Waals surface area contributed by atoms with Crippen molar-refractivity contribution in [2.45, 2.75) is 67.0 Å². The summed E-state index contributed by atoms with van der Waals surface area (Å²) in [7, 11) is 2.51. The lowest BCUT2D eigenvalue weighted by Crippen LogP contribution is -2.25. The Morgan fingerprint density at radius 1 is 0.929 bits per heavy atom. The van der Waals surface area contributed by atoms with E-state index in [1.165, 1.54) is 6.32 Å². The Morgan fingerprint density at radius 2 is 1.36 bits per heavy atom. The molecule has 0 nitrogen and oxygen atoms in total. The summed E-state index contributed by atoms with van der Waals surface area (Å²) in [5.74, 6) is 1.50. The third-order valence-electron chi connectivity index (χ3n) is 3.96. The summed E-state index contributed by atoms with van der Waals surface area (Å²) in [6.07, 6.45) is 1.23. The van der Waals surface area contributed by atoms with Gasteiger partial charge in [-0.15, -0.1) is 0 Å². The Hall–Kier alpha value is 0.0649. The third-order valence-corrected chi connectivity index (χ3v) is 3.96. The molecule has 0 amide bonds. The standard InChI is InChI=1S/C13H28B/c1-10(2)13(7,8)14-9-11(3)12(4,5)6/h10-11H,9H2,1-8H3. The van der Waals surface area contributed by atoms with Crippen LogP contribution >= 0.6 is 0 Å². The van der Waals surface area contributed by atoms with E-state index in [0.29, 0.717) is 10.7 Å². The summed E-state index contributed by atoms with van der Waals surface area (Å²) in [6, 6.07) is 0. The number of rotatable bonds is 4. The van der Waals surface area contributed by atoms with Crippen LogP contribution in [-0.4, -0.2) is 7.28 Å². The summed E-state index contributed by atoms with van der Waals surface area (Å²) < 4.78 is 0. The average molecular weight is 195 g/mol. The van der Waals surface area contributed by atoms with Gasteiger partial charge in [0.2, 0.25) is 0 Å². The van der Waals surface area contributed by atoms with Gasteiger partial charge in [0, 0.05) is 0 Å². The third kappa shape index (κ3) is 4.53. The lowest BCUT2D eigenvalue weighted by Gasteiger charge is -2.33. The highest BCUT2D eigenvalue weighted by atomic mass is 14.2. The van der Waals surface area contributed by atoms with Crippen molar-refractivity contribution in [1.29, 1.82) is 0 Å². The molecule has 0 rings (SSSR count). The smallest absolute Gasteiger partial charge is 0.0766 e. The Balaban J connectivity index is 4.07. The van der Waals surface area contributed by atoms with E-state index < -0.39 is 0 Å². The maximum absolute atomic E-state index is 2.51. The van der Waals surface area contributed by atoms with Gasteiger partial charge in [0.1, 0.15) is 7.28 Å². The first kappa shape index (κ1) is 14.1. The van der Waals surface area contributed by atoms with Crippen molar-refractivity contribution in [2.75, 3.05) is 0 Å². The molecule has 1 radical (unpaired) electrons. The van der Waals surface area contributed by atoms with E-state index in [0.717, 1.165) is 11.8 Å².